The van der Waals surface area contributed by atoms with Gasteiger partial charge in [0.1, 0.15) is 0 Å². The molecule has 0 unspecified atom stereocenters. The average Bonchev–Trinajstić information content (AvgIpc) is 2.26. The first-order valence-corrected chi connectivity index (χ1v) is 6.13. The molecule has 1 heterocycles. The molecule has 86 valence electrons. The van der Waals surface area contributed by atoms with Crippen LogP contribution >= 0.6 is 12.2 Å². The zero-order valence-corrected chi connectivity index (χ0v) is 10.2. The lowest BCUT2D eigenvalue weighted by molar-refractivity contribution is -0.132. The summed E-state index contributed by atoms with van der Waals surface area (Å²) in [7, 11) is 0. The summed E-state index contributed by atoms with van der Waals surface area (Å²) in [4.78, 5) is 14.3. The number of unbranched alkanes of at least 4 members (excludes halogenated alkanes) is 1. The number of piperidine rings is 1. The molecule has 0 aromatic rings. The number of nitrogens with zero attached hydrogens (tertiary/aromatic N) is 1. The van der Waals surface area contributed by atoms with Crippen molar-refractivity contribution >= 4 is 23.1 Å². The van der Waals surface area contributed by atoms with E-state index in [-0.39, 0.29) is 0 Å². The van der Waals surface area contributed by atoms with Crippen molar-refractivity contribution in [2.24, 2.45) is 11.7 Å². The van der Waals surface area contributed by atoms with Crippen LogP contribution in [0.15, 0.2) is 0 Å². The highest BCUT2D eigenvalue weighted by Crippen LogP contribution is 2.18. The summed E-state index contributed by atoms with van der Waals surface area (Å²) in [5.74, 6) is 0.633. The van der Waals surface area contributed by atoms with Gasteiger partial charge in [-0.25, -0.2) is 0 Å². The van der Waals surface area contributed by atoms with Gasteiger partial charge >= 0.3 is 0 Å². The fourth-order valence-corrected chi connectivity index (χ4v) is 2.14. The van der Waals surface area contributed by atoms with Gasteiger partial charge in [0.2, 0.25) is 5.91 Å². The lowest BCUT2D eigenvalue weighted by Gasteiger charge is -2.31. The number of rotatable bonds is 4. The minimum atomic E-state index is 0.290. The van der Waals surface area contributed by atoms with Gasteiger partial charge in [-0.15, -0.1) is 0 Å². The molecule has 0 spiro atoms. The maximum Gasteiger partial charge on any atom is 0.222 e. The summed E-state index contributed by atoms with van der Waals surface area (Å²) in [6, 6.07) is 0. The average molecular weight is 228 g/mol. The molecule has 0 radical (unpaired) electrons. The van der Waals surface area contributed by atoms with Crippen molar-refractivity contribution in [1.29, 1.82) is 0 Å². The minimum absolute atomic E-state index is 0.290. The van der Waals surface area contributed by atoms with Gasteiger partial charge in [0.15, 0.2) is 0 Å². The smallest absolute Gasteiger partial charge is 0.222 e. The van der Waals surface area contributed by atoms with E-state index in [4.69, 9.17) is 18.0 Å². The third kappa shape index (κ3) is 3.78. The molecule has 0 atom stereocenters. The molecule has 0 aromatic carbocycles. The lowest BCUT2D eigenvalue weighted by Crippen LogP contribution is -2.41. The van der Waals surface area contributed by atoms with Crippen LogP contribution in [-0.4, -0.2) is 28.9 Å². The fraction of sp³-hybridized carbons (Fsp3) is 0.818. The van der Waals surface area contributed by atoms with E-state index < -0.39 is 0 Å². The topological polar surface area (TPSA) is 46.3 Å². The van der Waals surface area contributed by atoms with Crippen molar-refractivity contribution < 1.29 is 4.79 Å². The number of likely N-dealkylation sites (tertiary alicyclic amines) is 1. The molecule has 15 heavy (non-hydrogen) atoms. The van der Waals surface area contributed by atoms with Crippen molar-refractivity contribution in [2.45, 2.75) is 39.0 Å². The first-order valence-electron chi connectivity index (χ1n) is 5.72. The van der Waals surface area contributed by atoms with E-state index in [1.807, 2.05) is 4.90 Å². The maximum atomic E-state index is 11.7. The predicted octanol–water partition coefficient (Wildman–Crippen LogP) is 1.70. The number of hydrogen-bond donors (Lipinski definition) is 1. The maximum absolute atomic E-state index is 11.7. The largest absolute Gasteiger partial charge is 0.393 e. The Hall–Kier alpha value is -0.640. The third-order valence-corrected chi connectivity index (χ3v) is 3.33. The van der Waals surface area contributed by atoms with E-state index >= 15 is 0 Å². The van der Waals surface area contributed by atoms with Crippen LogP contribution in [0, 0.1) is 5.92 Å². The third-order valence-electron chi connectivity index (χ3n) is 2.99. The summed E-state index contributed by atoms with van der Waals surface area (Å²) >= 11 is 4.96. The van der Waals surface area contributed by atoms with E-state index in [2.05, 4.69) is 6.92 Å². The van der Waals surface area contributed by atoms with Crippen molar-refractivity contribution in [3.8, 4) is 0 Å². The summed E-state index contributed by atoms with van der Waals surface area (Å²) < 4.78 is 0. The van der Waals surface area contributed by atoms with Crippen molar-refractivity contribution in [3.63, 3.8) is 0 Å². The molecule has 1 aliphatic heterocycles. The zero-order chi connectivity index (χ0) is 11.3. The van der Waals surface area contributed by atoms with Crippen LogP contribution in [0.2, 0.25) is 0 Å². The van der Waals surface area contributed by atoms with Crippen LogP contribution in [-0.2, 0) is 4.79 Å². The Balaban J connectivity index is 2.30. The molecule has 1 rings (SSSR count). The lowest BCUT2D eigenvalue weighted by atomic mass is 9.96. The second-order valence-corrected chi connectivity index (χ2v) is 4.63. The van der Waals surface area contributed by atoms with E-state index in [0.717, 1.165) is 38.8 Å². The normalized spacial score (nSPS) is 17.8. The van der Waals surface area contributed by atoms with Crippen LogP contribution < -0.4 is 5.73 Å². The Morgan fingerprint density at radius 3 is 2.53 bits per heavy atom. The highest BCUT2D eigenvalue weighted by molar-refractivity contribution is 7.80. The molecule has 3 nitrogen and oxygen atoms in total. The van der Waals surface area contributed by atoms with Crippen LogP contribution in [0.5, 0.6) is 0 Å². The summed E-state index contributed by atoms with van der Waals surface area (Å²) in [5.41, 5.74) is 5.60. The van der Waals surface area contributed by atoms with E-state index in [1.54, 1.807) is 0 Å². The Morgan fingerprint density at radius 2 is 2.07 bits per heavy atom. The summed E-state index contributed by atoms with van der Waals surface area (Å²) in [6.45, 7) is 3.75. The predicted molar refractivity (Wildman–Crippen MR) is 65.6 cm³/mol. The first kappa shape index (κ1) is 12.4. The van der Waals surface area contributed by atoms with E-state index in [0.29, 0.717) is 23.2 Å². The van der Waals surface area contributed by atoms with Gasteiger partial charge in [-0.3, -0.25) is 4.79 Å². The molecule has 0 bridgehead atoms. The number of carbonyl (C=O) groups is 1. The zero-order valence-electron chi connectivity index (χ0n) is 9.37. The molecular formula is C11H20N2OS. The Labute approximate surface area is 97.0 Å². The highest BCUT2D eigenvalue weighted by Gasteiger charge is 2.23. The quantitative estimate of drug-likeness (QED) is 0.745. The highest BCUT2D eigenvalue weighted by atomic mass is 32.1. The monoisotopic (exact) mass is 228 g/mol. The van der Waals surface area contributed by atoms with Crippen molar-refractivity contribution in [3.05, 3.63) is 0 Å². The minimum Gasteiger partial charge on any atom is -0.393 e. The van der Waals surface area contributed by atoms with Gasteiger partial charge in [-0.05, 0) is 19.3 Å². The molecule has 1 fully saturated rings. The van der Waals surface area contributed by atoms with E-state index in [9.17, 15) is 4.79 Å². The van der Waals surface area contributed by atoms with Crippen LogP contribution in [0.4, 0.5) is 0 Å². The Bertz CT molecular complexity index is 235. The van der Waals surface area contributed by atoms with Gasteiger partial charge in [0, 0.05) is 25.4 Å². The van der Waals surface area contributed by atoms with Crippen LogP contribution in [0.25, 0.3) is 0 Å². The SMILES string of the molecule is CCCCC(=O)N1CCC(C(N)=S)CC1. The second-order valence-electron chi connectivity index (χ2n) is 4.16. The second kappa shape index (κ2) is 6.05. The number of thiocarbonyl (C=S) groups is 1. The number of amides is 1. The van der Waals surface area contributed by atoms with Crippen LogP contribution in [0.3, 0.4) is 0 Å². The molecule has 0 aliphatic carbocycles. The Kier molecular flexibility index (Phi) is 5.02. The van der Waals surface area contributed by atoms with Gasteiger partial charge in [0.25, 0.3) is 0 Å². The fourth-order valence-electron chi connectivity index (χ4n) is 1.90. The molecule has 0 aromatic heterocycles. The molecular weight excluding hydrogens is 208 g/mol. The Morgan fingerprint density at radius 1 is 1.47 bits per heavy atom. The standard InChI is InChI=1S/C11H20N2OS/c1-2-3-4-10(14)13-7-5-9(6-8-13)11(12)15/h9H,2-8H2,1H3,(H2,12,15). The van der Waals surface area contributed by atoms with E-state index in [1.165, 1.54) is 0 Å². The first-order chi connectivity index (χ1) is 7.15. The van der Waals surface area contributed by atoms with Crippen LogP contribution in [0.1, 0.15) is 39.0 Å². The summed E-state index contributed by atoms with van der Waals surface area (Å²) in [5, 5.41) is 0. The van der Waals surface area contributed by atoms with Crippen molar-refractivity contribution in [2.75, 3.05) is 13.1 Å². The van der Waals surface area contributed by atoms with Gasteiger partial charge in [-0.2, -0.15) is 0 Å². The number of hydrogen-bond acceptors (Lipinski definition) is 2. The number of nitrogens with two attached hydrogens (primary N) is 1. The molecule has 1 amide bonds. The van der Waals surface area contributed by atoms with Gasteiger partial charge < -0.3 is 10.6 Å². The molecule has 4 heteroatoms. The molecule has 2 N–H and O–H groups in total. The summed E-state index contributed by atoms with van der Waals surface area (Å²) in [6.07, 6.45) is 4.64. The molecule has 0 saturated carbocycles. The van der Waals surface area contributed by atoms with Gasteiger partial charge in [-0.1, -0.05) is 25.6 Å². The number of carbonyl (C=O) groups excluding carboxylic acids is 1. The molecule has 1 aliphatic rings. The van der Waals surface area contributed by atoms with Crippen molar-refractivity contribution in [1.82, 2.24) is 4.90 Å². The van der Waals surface area contributed by atoms with Gasteiger partial charge in [0.05, 0.1) is 4.99 Å². The molecule has 1 saturated heterocycles.